The number of hydrogen-bond acceptors (Lipinski definition) is 5. The Hall–Kier alpha value is -2.43. The first-order valence-electron chi connectivity index (χ1n) is 5.59. The van der Waals surface area contributed by atoms with Crippen LogP contribution in [0.4, 0.5) is 0 Å². The fourth-order valence-corrected chi connectivity index (χ4v) is 1.20. The van der Waals surface area contributed by atoms with E-state index < -0.39 is 24.5 Å². The van der Waals surface area contributed by atoms with Crippen molar-refractivity contribution in [3.8, 4) is 0 Å². The summed E-state index contributed by atoms with van der Waals surface area (Å²) in [6, 6.07) is 8.86. The molecule has 0 aliphatic carbocycles. The first-order chi connectivity index (χ1) is 8.99. The molecule has 0 N–H and O–H groups in total. The minimum Gasteiger partial charge on any atom is -0.450 e. The van der Waals surface area contributed by atoms with Gasteiger partial charge in [0.25, 0.3) is 0 Å². The van der Waals surface area contributed by atoms with E-state index in [1.165, 1.54) is 6.92 Å². The third kappa shape index (κ3) is 5.63. The van der Waals surface area contributed by atoms with Crippen molar-refractivity contribution in [2.45, 2.75) is 13.3 Å². The van der Waals surface area contributed by atoms with Gasteiger partial charge in [0.2, 0.25) is 0 Å². The molecule has 1 rings (SSSR count). The molecule has 19 heavy (non-hydrogen) atoms. The molecule has 0 saturated carbocycles. The summed E-state index contributed by atoms with van der Waals surface area (Å²) in [4.78, 5) is 33.6. The summed E-state index contributed by atoms with van der Waals surface area (Å²) in [5, 5.41) is 0. The quantitative estimate of drug-likeness (QED) is 0.456. The van der Waals surface area contributed by atoms with Gasteiger partial charge in [0.1, 0.15) is 0 Å². The maximum absolute atomic E-state index is 11.4. The highest BCUT2D eigenvalue weighted by Gasteiger charge is 2.13. The Morgan fingerprint density at radius 1 is 1.11 bits per heavy atom. The zero-order valence-electron chi connectivity index (χ0n) is 10.5. The van der Waals surface area contributed by atoms with Crippen LogP contribution in [0.15, 0.2) is 42.5 Å². The lowest BCUT2D eigenvalue weighted by Crippen LogP contribution is -2.21. The Labute approximate surface area is 110 Å². The lowest BCUT2D eigenvalue weighted by Gasteiger charge is -2.04. The standard InChI is InChI=1S/C14H14O5/c1-10(2)14(17)18-9-13(16)19-12(15)8-11-6-4-3-5-7-11/h3-7H,1,8-9H2,2H3. The average molecular weight is 262 g/mol. The molecule has 0 amide bonds. The number of benzene rings is 1. The number of hydrogen-bond donors (Lipinski definition) is 0. The molecule has 0 spiro atoms. The van der Waals surface area contributed by atoms with Crippen LogP contribution in [0.3, 0.4) is 0 Å². The van der Waals surface area contributed by atoms with Crippen LogP contribution in [0.25, 0.3) is 0 Å². The number of carbonyl (C=O) groups excluding carboxylic acids is 3. The molecule has 1 aromatic carbocycles. The summed E-state index contributed by atoms with van der Waals surface area (Å²) < 4.78 is 9.05. The average Bonchev–Trinajstić information content (AvgIpc) is 2.36. The molecule has 0 heterocycles. The Balaban J connectivity index is 2.34. The van der Waals surface area contributed by atoms with Crippen LogP contribution in [-0.4, -0.2) is 24.5 Å². The zero-order valence-corrected chi connectivity index (χ0v) is 10.5. The molecule has 0 aliphatic heterocycles. The summed E-state index contributed by atoms with van der Waals surface area (Å²) >= 11 is 0. The van der Waals surface area contributed by atoms with Crippen molar-refractivity contribution in [1.29, 1.82) is 0 Å². The molecule has 0 aliphatic rings. The predicted octanol–water partition coefficient (Wildman–Crippen LogP) is 1.42. The summed E-state index contributed by atoms with van der Waals surface area (Å²) in [5.41, 5.74) is 0.905. The molecule has 0 saturated heterocycles. The van der Waals surface area contributed by atoms with Crippen molar-refractivity contribution >= 4 is 17.9 Å². The zero-order chi connectivity index (χ0) is 14.3. The van der Waals surface area contributed by atoms with E-state index in [1.807, 2.05) is 6.07 Å². The minimum atomic E-state index is -0.907. The summed E-state index contributed by atoms with van der Waals surface area (Å²) in [6.07, 6.45) is -0.0129. The molecule has 0 fully saturated rings. The molecule has 5 heteroatoms. The molecule has 100 valence electrons. The van der Waals surface area contributed by atoms with E-state index in [2.05, 4.69) is 16.1 Å². The van der Waals surface area contributed by atoms with Crippen LogP contribution in [0, 0.1) is 0 Å². The highest BCUT2D eigenvalue weighted by Crippen LogP contribution is 2.01. The second-order valence-corrected chi connectivity index (χ2v) is 3.86. The van der Waals surface area contributed by atoms with Crippen LogP contribution in [0.5, 0.6) is 0 Å². The van der Waals surface area contributed by atoms with Gasteiger partial charge in [-0.1, -0.05) is 36.9 Å². The smallest absolute Gasteiger partial charge is 0.351 e. The molecule has 0 bridgehead atoms. The molecule has 5 nitrogen and oxygen atoms in total. The van der Waals surface area contributed by atoms with Crippen molar-refractivity contribution in [2.24, 2.45) is 0 Å². The van der Waals surface area contributed by atoms with Gasteiger partial charge in [0, 0.05) is 5.57 Å². The van der Waals surface area contributed by atoms with Crippen LogP contribution in [0.1, 0.15) is 12.5 Å². The molecular formula is C14H14O5. The van der Waals surface area contributed by atoms with Gasteiger partial charge in [-0.25, -0.2) is 9.59 Å². The van der Waals surface area contributed by atoms with Crippen molar-refractivity contribution < 1.29 is 23.9 Å². The molecule has 0 aromatic heterocycles. The summed E-state index contributed by atoms with van der Waals surface area (Å²) in [7, 11) is 0. The molecular weight excluding hydrogens is 248 g/mol. The number of ether oxygens (including phenoxy) is 2. The summed E-state index contributed by atoms with van der Waals surface area (Å²) in [5.74, 6) is -2.30. The fraction of sp³-hybridized carbons (Fsp3) is 0.214. The van der Waals surface area contributed by atoms with Gasteiger partial charge in [-0.2, -0.15) is 0 Å². The lowest BCUT2D eigenvalue weighted by atomic mass is 10.2. The van der Waals surface area contributed by atoms with E-state index in [0.29, 0.717) is 0 Å². The maximum atomic E-state index is 11.4. The molecule has 1 aromatic rings. The largest absolute Gasteiger partial charge is 0.450 e. The van der Waals surface area contributed by atoms with E-state index >= 15 is 0 Å². The third-order valence-corrected chi connectivity index (χ3v) is 2.09. The Kier molecular flexibility index (Phi) is 5.47. The molecule has 0 unspecified atom stereocenters. The van der Waals surface area contributed by atoms with Crippen LogP contribution in [0.2, 0.25) is 0 Å². The van der Waals surface area contributed by atoms with E-state index in [9.17, 15) is 14.4 Å². The van der Waals surface area contributed by atoms with Crippen molar-refractivity contribution in [2.75, 3.05) is 6.61 Å². The highest BCUT2D eigenvalue weighted by atomic mass is 16.6. The second kappa shape index (κ2) is 7.10. The third-order valence-electron chi connectivity index (χ3n) is 2.09. The number of carbonyl (C=O) groups is 3. The number of rotatable bonds is 5. The van der Waals surface area contributed by atoms with Crippen molar-refractivity contribution in [3.63, 3.8) is 0 Å². The Morgan fingerprint density at radius 2 is 1.74 bits per heavy atom. The first-order valence-corrected chi connectivity index (χ1v) is 5.59. The van der Waals surface area contributed by atoms with Crippen molar-refractivity contribution in [1.82, 2.24) is 0 Å². The lowest BCUT2D eigenvalue weighted by molar-refractivity contribution is -0.165. The first kappa shape index (κ1) is 14.6. The number of esters is 3. The second-order valence-electron chi connectivity index (χ2n) is 3.86. The van der Waals surface area contributed by atoms with Crippen LogP contribution >= 0.6 is 0 Å². The Bertz CT molecular complexity index is 490. The summed E-state index contributed by atoms with van der Waals surface area (Å²) in [6.45, 7) is 4.20. The topological polar surface area (TPSA) is 69.7 Å². The SMILES string of the molecule is C=C(C)C(=O)OCC(=O)OC(=O)Cc1ccccc1. The van der Waals surface area contributed by atoms with Crippen molar-refractivity contribution in [3.05, 3.63) is 48.0 Å². The van der Waals surface area contributed by atoms with Crippen LogP contribution < -0.4 is 0 Å². The van der Waals surface area contributed by atoms with Gasteiger partial charge in [0.15, 0.2) is 6.61 Å². The predicted molar refractivity (Wildman–Crippen MR) is 67.0 cm³/mol. The van der Waals surface area contributed by atoms with Gasteiger partial charge >= 0.3 is 17.9 Å². The Morgan fingerprint density at radius 3 is 2.32 bits per heavy atom. The van der Waals surface area contributed by atoms with Gasteiger partial charge in [0.05, 0.1) is 6.42 Å². The van der Waals surface area contributed by atoms with E-state index in [0.717, 1.165) is 5.56 Å². The molecule has 0 radical (unpaired) electrons. The highest BCUT2D eigenvalue weighted by molar-refractivity contribution is 5.91. The van der Waals surface area contributed by atoms with Gasteiger partial charge in [-0.05, 0) is 12.5 Å². The van der Waals surface area contributed by atoms with Gasteiger partial charge in [-0.3, -0.25) is 4.79 Å². The van der Waals surface area contributed by atoms with Crippen LogP contribution in [-0.2, 0) is 30.3 Å². The van der Waals surface area contributed by atoms with E-state index in [1.54, 1.807) is 24.3 Å². The maximum Gasteiger partial charge on any atom is 0.351 e. The minimum absolute atomic E-state index is 0.0129. The fourth-order valence-electron chi connectivity index (χ4n) is 1.20. The van der Waals surface area contributed by atoms with Gasteiger partial charge in [-0.15, -0.1) is 0 Å². The monoisotopic (exact) mass is 262 g/mol. The van der Waals surface area contributed by atoms with E-state index in [-0.39, 0.29) is 12.0 Å². The molecule has 0 atom stereocenters. The van der Waals surface area contributed by atoms with Gasteiger partial charge < -0.3 is 9.47 Å². The van der Waals surface area contributed by atoms with E-state index in [4.69, 9.17) is 0 Å². The normalized spacial score (nSPS) is 9.53.